The Labute approximate surface area is 181 Å². The summed E-state index contributed by atoms with van der Waals surface area (Å²) in [5.41, 5.74) is 2.75. The second-order valence-electron chi connectivity index (χ2n) is 7.52. The molecule has 1 aliphatic heterocycles. The number of fused-ring (bicyclic) bond motifs is 1. The summed E-state index contributed by atoms with van der Waals surface area (Å²) in [6.07, 6.45) is 0. The predicted molar refractivity (Wildman–Crippen MR) is 120 cm³/mol. The van der Waals surface area contributed by atoms with Crippen LogP contribution in [0.15, 0.2) is 66.7 Å². The Hall–Kier alpha value is -3.98. The van der Waals surface area contributed by atoms with Crippen molar-refractivity contribution in [1.82, 2.24) is 0 Å². The first kappa shape index (κ1) is 20.3. The van der Waals surface area contributed by atoms with Gasteiger partial charge < -0.3 is 19.1 Å². The molecule has 3 aromatic carbocycles. The molecule has 0 saturated heterocycles. The van der Waals surface area contributed by atoms with Crippen molar-refractivity contribution >= 4 is 11.6 Å². The van der Waals surface area contributed by atoms with Crippen LogP contribution in [0, 0.1) is 22.7 Å². The third-order valence-electron chi connectivity index (χ3n) is 5.34. The van der Waals surface area contributed by atoms with Crippen LogP contribution < -0.4 is 19.1 Å². The summed E-state index contributed by atoms with van der Waals surface area (Å²) in [7, 11) is 5.52. The molecule has 0 spiro atoms. The Morgan fingerprint density at radius 2 is 1.71 bits per heavy atom. The van der Waals surface area contributed by atoms with Gasteiger partial charge in [-0.3, -0.25) is 5.41 Å². The van der Waals surface area contributed by atoms with Gasteiger partial charge in [-0.1, -0.05) is 18.2 Å². The summed E-state index contributed by atoms with van der Waals surface area (Å²) in [5.74, 6) is 1.62. The largest absolute Gasteiger partial charge is 0.497 e. The SMILES string of the molecule is COc1ccc(Oc2cccc(C3c4ccc(N(C)C)cc4OC(=N)C3C#N)c2)cc1. The summed E-state index contributed by atoms with van der Waals surface area (Å²) in [5, 5.41) is 18.1. The fourth-order valence-electron chi connectivity index (χ4n) is 3.72. The summed E-state index contributed by atoms with van der Waals surface area (Å²) < 4.78 is 16.9. The molecule has 1 aliphatic rings. The Morgan fingerprint density at radius 3 is 2.39 bits per heavy atom. The zero-order chi connectivity index (χ0) is 22.0. The molecule has 0 bridgehead atoms. The van der Waals surface area contributed by atoms with E-state index in [1.807, 2.05) is 85.7 Å². The molecule has 2 atom stereocenters. The number of benzene rings is 3. The van der Waals surface area contributed by atoms with Crippen molar-refractivity contribution in [3.63, 3.8) is 0 Å². The Bertz CT molecular complexity index is 1150. The van der Waals surface area contributed by atoms with Gasteiger partial charge in [0.05, 0.1) is 13.2 Å². The van der Waals surface area contributed by atoms with E-state index in [1.54, 1.807) is 7.11 Å². The van der Waals surface area contributed by atoms with Crippen LogP contribution in [0.2, 0.25) is 0 Å². The van der Waals surface area contributed by atoms with Crippen LogP contribution in [-0.2, 0) is 0 Å². The molecule has 0 saturated carbocycles. The normalized spacial score (nSPS) is 17.2. The van der Waals surface area contributed by atoms with Crippen molar-refractivity contribution in [3.8, 4) is 29.1 Å². The number of nitrogens with one attached hydrogen (secondary N) is 1. The van der Waals surface area contributed by atoms with Crippen LogP contribution in [0.3, 0.4) is 0 Å². The van der Waals surface area contributed by atoms with Crippen LogP contribution in [-0.4, -0.2) is 27.1 Å². The molecular formula is C25H23N3O3. The number of nitrogens with zero attached hydrogens (tertiary/aromatic N) is 2. The smallest absolute Gasteiger partial charge is 0.205 e. The number of nitriles is 1. The van der Waals surface area contributed by atoms with Crippen LogP contribution in [0.1, 0.15) is 17.0 Å². The van der Waals surface area contributed by atoms with Gasteiger partial charge in [0.1, 0.15) is 28.9 Å². The summed E-state index contributed by atoms with van der Waals surface area (Å²) in [4.78, 5) is 1.97. The molecule has 3 aromatic rings. The average Bonchev–Trinajstić information content (AvgIpc) is 2.78. The maximum atomic E-state index is 9.79. The van der Waals surface area contributed by atoms with Gasteiger partial charge in [-0.2, -0.15) is 5.26 Å². The average molecular weight is 413 g/mol. The van der Waals surface area contributed by atoms with E-state index in [9.17, 15) is 5.26 Å². The molecule has 0 amide bonds. The zero-order valence-electron chi connectivity index (χ0n) is 17.6. The third-order valence-corrected chi connectivity index (χ3v) is 5.34. The van der Waals surface area contributed by atoms with Gasteiger partial charge in [0.15, 0.2) is 0 Å². The first-order valence-electron chi connectivity index (χ1n) is 9.89. The van der Waals surface area contributed by atoms with Crippen molar-refractivity contribution in [3.05, 3.63) is 77.9 Å². The molecule has 0 aromatic heterocycles. The van der Waals surface area contributed by atoms with Gasteiger partial charge >= 0.3 is 0 Å². The second-order valence-corrected chi connectivity index (χ2v) is 7.52. The minimum absolute atomic E-state index is 0.0441. The molecule has 1 N–H and O–H groups in total. The minimum Gasteiger partial charge on any atom is -0.497 e. The van der Waals surface area contributed by atoms with Gasteiger partial charge in [-0.05, 0) is 48.0 Å². The molecule has 0 aliphatic carbocycles. The predicted octanol–water partition coefficient (Wildman–Crippen LogP) is 5.19. The monoisotopic (exact) mass is 413 g/mol. The van der Waals surface area contributed by atoms with E-state index >= 15 is 0 Å². The van der Waals surface area contributed by atoms with Crippen molar-refractivity contribution in [1.29, 1.82) is 10.7 Å². The van der Waals surface area contributed by atoms with E-state index in [2.05, 4.69) is 6.07 Å². The molecule has 0 radical (unpaired) electrons. The molecule has 156 valence electrons. The molecule has 2 unspecified atom stereocenters. The van der Waals surface area contributed by atoms with Gasteiger partial charge in [0.2, 0.25) is 5.90 Å². The number of anilines is 1. The van der Waals surface area contributed by atoms with Crippen LogP contribution in [0.4, 0.5) is 5.69 Å². The van der Waals surface area contributed by atoms with Crippen molar-refractivity contribution in [2.45, 2.75) is 5.92 Å². The van der Waals surface area contributed by atoms with Gasteiger partial charge in [0, 0.05) is 37.3 Å². The summed E-state index contributed by atoms with van der Waals surface area (Å²) >= 11 is 0. The highest BCUT2D eigenvalue weighted by atomic mass is 16.5. The molecular weight excluding hydrogens is 390 g/mol. The lowest BCUT2D eigenvalue weighted by Gasteiger charge is -2.31. The van der Waals surface area contributed by atoms with Gasteiger partial charge in [-0.15, -0.1) is 0 Å². The highest BCUT2D eigenvalue weighted by Gasteiger charge is 2.37. The zero-order valence-corrected chi connectivity index (χ0v) is 17.6. The Morgan fingerprint density at radius 1 is 0.968 bits per heavy atom. The highest BCUT2D eigenvalue weighted by molar-refractivity contribution is 5.85. The first-order valence-corrected chi connectivity index (χ1v) is 9.89. The fraction of sp³-hybridized carbons (Fsp3) is 0.200. The Kier molecular flexibility index (Phi) is 5.50. The van der Waals surface area contributed by atoms with E-state index in [0.717, 1.165) is 22.6 Å². The number of rotatable bonds is 5. The van der Waals surface area contributed by atoms with Crippen molar-refractivity contribution < 1.29 is 14.2 Å². The molecule has 6 nitrogen and oxygen atoms in total. The van der Waals surface area contributed by atoms with E-state index in [0.29, 0.717) is 17.2 Å². The topological polar surface area (TPSA) is 78.6 Å². The summed E-state index contributed by atoms with van der Waals surface area (Å²) in [6.45, 7) is 0. The first-order chi connectivity index (χ1) is 15.0. The number of methoxy groups -OCH3 is 1. The molecule has 4 rings (SSSR count). The van der Waals surface area contributed by atoms with Crippen molar-refractivity contribution in [2.24, 2.45) is 5.92 Å². The van der Waals surface area contributed by atoms with Gasteiger partial charge in [-0.25, -0.2) is 0 Å². The molecule has 31 heavy (non-hydrogen) atoms. The highest BCUT2D eigenvalue weighted by Crippen LogP contribution is 2.44. The van der Waals surface area contributed by atoms with E-state index < -0.39 is 5.92 Å². The van der Waals surface area contributed by atoms with E-state index in [-0.39, 0.29) is 11.8 Å². The lowest BCUT2D eigenvalue weighted by molar-refractivity contribution is 0.412. The summed E-state index contributed by atoms with van der Waals surface area (Å²) in [6, 6.07) is 23.1. The Balaban J connectivity index is 1.71. The standard InChI is InChI=1S/C25H23N3O3/c1-28(2)17-7-12-21-23(14-17)31-25(27)22(15-26)24(21)16-5-4-6-20(13-16)30-19-10-8-18(29-3)9-11-19/h4-14,22,24,27H,1-3H3. The number of hydrogen-bond acceptors (Lipinski definition) is 6. The fourth-order valence-corrected chi connectivity index (χ4v) is 3.72. The lowest BCUT2D eigenvalue weighted by atomic mass is 9.79. The second kappa shape index (κ2) is 8.41. The van der Waals surface area contributed by atoms with Crippen LogP contribution >= 0.6 is 0 Å². The van der Waals surface area contributed by atoms with E-state index in [1.165, 1.54) is 0 Å². The quantitative estimate of drug-likeness (QED) is 0.622. The molecule has 1 heterocycles. The third kappa shape index (κ3) is 4.03. The maximum Gasteiger partial charge on any atom is 0.205 e. The van der Waals surface area contributed by atoms with Crippen LogP contribution in [0.5, 0.6) is 23.0 Å². The van der Waals surface area contributed by atoms with E-state index in [4.69, 9.17) is 19.6 Å². The van der Waals surface area contributed by atoms with Crippen molar-refractivity contribution in [2.75, 3.05) is 26.1 Å². The lowest BCUT2D eigenvalue weighted by Crippen LogP contribution is -2.31. The van der Waals surface area contributed by atoms with Crippen LogP contribution in [0.25, 0.3) is 0 Å². The molecule has 0 fully saturated rings. The van der Waals surface area contributed by atoms with Gasteiger partial charge in [0.25, 0.3) is 0 Å². The molecule has 6 heteroatoms. The minimum atomic E-state index is -0.714. The number of hydrogen-bond donors (Lipinski definition) is 1. The maximum absolute atomic E-state index is 9.79. The number of ether oxygens (including phenoxy) is 3.